The Balaban J connectivity index is 1.23. The van der Waals surface area contributed by atoms with Gasteiger partial charge >= 0.3 is 0 Å². The van der Waals surface area contributed by atoms with Crippen molar-refractivity contribution in [1.29, 1.82) is 0 Å². The summed E-state index contributed by atoms with van der Waals surface area (Å²) in [6, 6.07) is 78.5. The highest BCUT2D eigenvalue weighted by atomic mass is 31.1. The van der Waals surface area contributed by atoms with Crippen LogP contribution in [0, 0.1) is 0 Å². The molecule has 0 unspecified atom stereocenters. The number of hydrogen-bond donors (Lipinski definition) is 0. The zero-order valence-corrected chi connectivity index (χ0v) is 30.0. The summed E-state index contributed by atoms with van der Waals surface area (Å²) in [5.41, 5.74) is 7.48. The van der Waals surface area contributed by atoms with Gasteiger partial charge in [0.2, 0.25) is 0 Å². The summed E-state index contributed by atoms with van der Waals surface area (Å²) in [5.74, 6) is 0. The molecule has 0 atom stereocenters. The van der Waals surface area contributed by atoms with E-state index in [1.165, 1.54) is 92.4 Å². The molecule has 0 spiro atoms. The zero-order chi connectivity index (χ0) is 35.1. The van der Waals surface area contributed by atoms with Crippen LogP contribution in [0.15, 0.2) is 212 Å². The highest BCUT2D eigenvalue weighted by Crippen LogP contribution is 2.46. The van der Waals surface area contributed by atoms with Crippen LogP contribution in [0.5, 0.6) is 0 Å². The van der Waals surface area contributed by atoms with Crippen LogP contribution in [0.25, 0.3) is 76.5 Å². The topological polar surface area (TPSA) is 0 Å². The fourth-order valence-corrected chi connectivity index (χ4v) is 10.4. The minimum Gasteiger partial charge on any atom is -0.0622 e. The summed E-state index contributed by atoms with van der Waals surface area (Å²) in [6.07, 6.45) is 0. The van der Waals surface area contributed by atoms with E-state index >= 15 is 0 Å². The molecule has 0 nitrogen and oxygen atoms in total. The first kappa shape index (κ1) is 31.4. The van der Waals surface area contributed by atoms with Crippen LogP contribution in [0.3, 0.4) is 0 Å². The summed E-state index contributed by atoms with van der Waals surface area (Å²) in [7, 11) is -0.720. The molecule has 0 saturated heterocycles. The third-order valence-electron chi connectivity index (χ3n) is 10.6. The average Bonchev–Trinajstić information content (AvgIpc) is 3.23. The minimum atomic E-state index is -0.720. The summed E-state index contributed by atoms with van der Waals surface area (Å²) < 4.78 is 0. The number of fused-ring (bicyclic) bond motifs is 4. The van der Waals surface area contributed by atoms with E-state index in [-0.39, 0.29) is 0 Å². The molecule has 0 aliphatic rings. The molecule has 0 bridgehead atoms. The molecule has 0 aliphatic carbocycles. The Hall–Kier alpha value is -6.33. The van der Waals surface area contributed by atoms with Gasteiger partial charge in [-0.05, 0) is 125 Å². The smallest absolute Gasteiger partial charge is 0.00259 e. The van der Waals surface area contributed by atoms with Gasteiger partial charge in [0.1, 0.15) is 0 Å². The lowest BCUT2D eigenvalue weighted by molar-refractivity contribution is 1.65. The van der Waals surface area contributed by atoms with E-state index in [4.69, 9.17) is 0 Å². The maximum Gasteiger partial charge on any atom is -0.00259 e. The van der Waals surface area contributed by atoms with Crippen molar-refractivity contribution in [3.8, 4) is 33.4 Å². The molecular formula is C52H35P. The van der Waals surface area contributed by atoms with Gasteiger partial charge in [-0.1, -0.05) is 188 Å². The molecular weight excluding hydrogens is 656 g/mol. The lowest BCUT2D eigenvalue weighted by Gasteiger charge is -2.21. The van der Waals surface area contributed by atoms with Crippen LogP contribution >= 0.6 is 7.92 Å². The lowest BCUT2D eigenvalue weighted by Crippen LogP contribution is -2.20. The Morgan fingerprint density at radius 1 is 0.226 bits per heavy atom. The first-order valence-corrected chi connectivity index (χ1v) is 19.6. The van der Waals surface area contributed by atoms with Gasteiger partial charge in [-0.25, -0.2) is 0 Å². The molecule has 0 heterocycles. The Kier molecular flexibility index (Phi) is 7.90. The quantitative estimate of drug-likeness (QED) is 0.120. The zero-order valence-electron chi connectivity index (χ0n) is 29.2. The van der Waals surface area contributed by atoms with Gasteiger partial charge in [0.25, 0.3) is 0 Å². The van der Waals surface area contributed by atoms with Crippen molar-refractivity contribution < 1.29 is 0 Å². The van der Waals surface area contributed by atoms with E-state index in [1.807, 2.05) is 0 Å². The van der Waals surface area contributed by atoms with Crippen LogP contribution in [0.2, 0.25) is 0 Å². The van der Waals surface area contributed by atoms with E-state index in [1.54, 1.807) is 0 Å². The normalized spacial score (nSPS) is 11.6. The Labute approximate surface area is 311 Å². The number of rotatable bonds is 6. The van der Waals surface area contributed by atoms with Gasteiger partial charge in [0, 0.05) is 0 Å². The molecule has 0 radical (unpaired) electrons. The van der Waals surface area contributed by atoms with E-state index < -0.39 is 7.92 Å². The second-order valence-electron chi connectivity index (χ2n) is 13.7. The van der Waals surface area contributed by atoms with Crippen LogP contribution in [0.1, 0.15) is 0 Å². The average molecular weight is 691 g/mol. The van der Waals surface area contributed by atoms with Gasteiger partial charge in [-0.2, -0.15) is 0 Å². The van der Waals surface area contributed by atoms with Gasteiger partial charge in [0.15, 0.2) is 0 Å². The molecule has 1 heteroatoms. The van der Waals surface area contributed by atoms with Crippen LogP contribution in [-0.2, 0) is 0 Å². The van der Waals surface area contributed by atoms with Crippen molar-refractivity contribution in [3.05, 3.63) is 212 Å². The largest absolute Gasteiger partial charge is 0.0622 e. The molecule has 248 valence electrons. The van der Waals surface area contributed by atoms with Gasteiger partial charge in [-0.3, -0.25) is 0 Å². The SMILES string of the molecule is c1ccc(P(c2ccccc2)c2cccc(-c3ccc4c(-c5ccc6ccccc6c5)c5ccccc5c(-c5ccc6ccccc6c5)c4c3)c2)cc1. The van der Waals surface area contributed by atoms with E-state index in [0.29, 0.717) is 0 Å². The third kappa shape index (κ3) is 5.69. The van der Waals surface area contributed by atoms with Crippen LogP contribution < -0.4 is 15.9 Å². The second-order valence-corrected chi connectivity index (χ2v) is 16.0. The highest BCUT2D eigenvalue weighted by Gasteiger charge is 2.20. The monoisotopic (exact) mass is 690 g/mol. The van der Waals surface area contributed by atoms with E-state index in [0.717, 1.165) is 0 Å². The Bertz CT molecular complexity index is 2900. The molecule has 0 fully saturated rings. The standard InChI is InChI=1S/C52H35P/c1-3-19-44(20-4-1)53(45-21-5-2-6-22-45)46-23-13-18-40(34-46)41-30-31-49-50(35-41)52(43-29-27-37-15-8-10-17-39(37)33-43)48-25-12-11-24-47(48)51(49)42-28-26-36-14-7-9-16-38(36)32-42/h1-35H. The molecule has 10 rings (SSSR count). The fraction of sp³-hybridized carbons (Fsp3) is 0. The van der Waals surface area contributed by atoms with Gasteiger partial charge in [0.05, 0.1) is 0 Å². The summed E-state index contributed by atoms with van der Waals surface area (Å²) in [4.78, 5) is 0. The Morgan fingerprint density at radius 2 is 0.660 bits per heavy atom. The van der Waals surface area contributed by atoms with Crippen molar-refractivity contribution in [3.63, 3.8) is 0 Å². The molecule has 0 amide bonds. The molecule has 10 aromatic carbocycles. The van der Waals surface area contributed by atoms with E-state index in [2.05, 4.69) is 212 Å². The van der Waals surface area contributed by atoms with E-state index in [9.17, 15) is 0 Å². The van der Waals surface area contributed by atoms with Gasteiger partial charge in [-0.15, -0.1) is 0 Å². The fourth-order valence-electron chi connectivity index (χ4n) is 8.10. The summed E-state index contributed by atoms with van der Waals surface area (Å²) >= 11 is 0. The van der Waals surface area contributed by atoms with Crippen molar-refractivity contribution in [2.45, 2.75) is 0 Å². The lowest BCUT2D eigenvalue weighted by atomic mass is 9.84. The third-order valence-corrected chi connectivity index (χ3v) is 13.0. The minimum absolute atomic E-state index is 0.720. The van der Waals surface area contributed by atoms with Crippen LogP contribution in [0.4, 0.5) is 0 Å². The number of benzene rings is 10. The molecule has 0 aliphatic heterocycles. The second kappa shape index (κ2) is 13.3. The summed E-state index contributed by atoms with van der Waals surface area (Å²) in [5, 5.41) is 14.1. The molecule has 10 aromatic rings. The first-order chi connectivity index (χ1) is 26.3. The number of hydrogen-bond acceptors (Lipinski definition) is 0. The van der Waals surface area contributed by atoms with Gasteiger partial charge < -0.3 is 0 Å². The highest BCUT2D eigenvalue weighted by molar-refractivity contribution is 7.79. The predicted octanol–water partition coefficient (Wildman–Crippen LogP) is 13.1. The van der Waals surface area contributed by atoms with Crippen molar-refractivity contribution >= 4 is 66.9 Å². The molecule has 53 heavy (non-hydrogen) atoms. The maximum atomic E-state index is 2.45. The van der Waals surface area contributed by atoms with Crippen molar-refractivity contribution in [2.75, 3.05) is 0 Å². The first-order valence-electron chi connectivity index (χ1n) is 18.3. The maximum absolute atomic E-state index is 2.45. The Morgan fingerprint density at radius 3 is 1.25 bits per heavy atom. The molecule has 0 N–H and O–H groups in total. The molecule has 0 saturated carbocycles. The molecule has 0 aromatic heterocycles. The summed E-state index contributed by atoms with van der Waals surface area (Å²) in [6.45, 7) is 0. The predicted molar refractivity (Wildman–Crippen MR) is 231 cm³/mol. The van der Waals surface area contributed by atoms with Crippen molar-refractivity contribution in [1.82, 2.24) is 0 Å². The van der Waals surface area contributed by atoms with Crippen molar-refractivity contribution in [2.24, 2.45) is 0 Å². The van der Waals surface area contributed by atoms with Crippen LogP contribution in [-0.4, -0.2) is 0 Å².